The van der Waals surface area contributed by atoms with Crippen molar-refractivity contribution in [3.8, 4) is 0 Å². The summed E-state index contributed by atoms with van der Waals surface area (Å²) in [6.07, 6.45) is 5.29. The lowest BCUT2D eigenvalue weighted by molar-refractivity contribution is 0.110. The van der Waals surface area contributed by atoms with Crippen LogP contribution < -0.4 is 16.0 Å². The number of rotatable bonds is 13. The zero-order valence-electron chi connectivity index (χ0n) is 17.8. The second kappa shape index (κ2) is 11.9. The second-order valence-electron chi connectivity index (χ2n) is 7.47. The molecule has 0 amide bonds. The molecule has 0 spiro atoms. The smallest absolute Gasteiger partial charge is 0.222 e. The van der Waals surface area contributed by atoms with Gasteiger partial charge in [0.05, 0.1) is 0 Å². The van der Waals surface area contributed by atoms with Gasteiger partial charge in [-0.15, -0.1) is 10.2 Å². The zero-order chi connectivity index (χ0) is 21.0. The first-order chi connectivity index (χ1) is 14.7. The molecule has 0 saturated heterocycles. The first-order valence-electron chi connectivity index (χ1n) is 10.6. The molecule has 0 aliphatic carbocycles. The quantitative estimate of drug-likeness (QED) is 0.367. The first-order valence-corrected chi connectivity index (χ1v) is 10.6. The molecule has 0 fully saturated rings. The van der Waals surface area contributed by atoms with Crippen LogP contribution in [0.1, 0.15) is 26.7 Å². The van der Waals surface area contributed by atoms with Gasteiger partial charge in [-0.2, -0.15) is 0 Å². The summed E-state index contributed by atoms with van der Waals surface area (Å²) in [6, 6.07) is 9.98. The number of benzene rings is 1. The standard InChI is InChI=1S/C22H31N7O/c1-17(2)16-30-15-7-14-24-21-19-9-4-3-8-18(19)20(28-29-21)23-10-5-11-25-22-26-12-6-13-27-22/h3-4,6,8-9,12-13,17H,5,7,10-11,14-16H2,1-2H3,(H,23,28)(H,24,29)(H,25,26,27). The van der Waals surface area contributed by atoms with Crippen molar-refractivity contribution in [3.63, 3.8) is 0 Å². The van der Waals surface area contributed by atoms with Crippen LogP contribution in [0.3, 0.4) is 0 Å². The second-order valence-corrected chi connectivity index (χ2v) is 7.47. The van der Waals surface area contributed by atoms with Gasteiger partial charge in [0.25, 0.3) is 0 Å². The minimum atomic E-state index is 0.565. The normalized spacial score (nSPS) is 11.0. The number of ether oxygens (including phenoxy) is 1. The summed E-state index contributed by atoms with van der Waals surface area (Å²) in [7, 11) is 0. The van der Waals surface area contributed by atoms with E-state index in [1.807, 2.05) is 12.1 Å². The summed E-state index contributed by atoms with van der Waals surface area (Å²) in [4.78, 5) is 8.31. The first kappa shape index (κ1) is 21.7. The lowest BCUT2D eigenvalue weighted by Crippen LogP contribution is -2.13. The molecule has 8 nitrogen and oxygen atoms in total. The Labute approximate surface area is 177 Å². The van der Waals surface area contributed by atoms with Gasteiger partial charge in [-0.3, -0.25) is 0 Å². The van der Waals surface area contributed by atoms with Crippen LogP contribution in [-0.4, -0.2) is 53.0 Å². The maximum atomic E-state index is 5.63. The van der Waals surface area contributed by atoms with E-state index in [0.717, 1.165) is 68.1 Å². The highest BCUT2D eigenvalue weighted by atomic mass is 16.5. The largest absolute Gasteiger partial charge is 0.381 e. The number of hydrogen-bond donors (Lipinski definition) is 3. The number of aromatic nitrogens is 4. The lowest BCUT2D eigenvalue weighted by Gasteiger charge is -2.12. The Bertz CT molecular complexity index is 889. The van der Waals surface area contributed by atoms with Crippen molar-refractivity contribution in [3.05, 3.63) is 42.7 Å². The van der Waals surface area contributed by atoms with Crippen molar-refractivity contribution < 1.29 is 4.74 Å². The molecular formula is C22H31N7O. The van der Waals surface area contributed by atoms with E-state index in [-0.39, 0.29) is 0 Å². The van der Waals surface area contributed by atoms with E-state index < -0.39 is 0 Å². The Kier molecular flexibility index (Phi) is 8.59. The molecule has 0 bridgehead atoms. The van der Waals surface area contributed by atoms with Crippen molar-refractivity contribution >= 4 is 28.4 Å². The Hall–Kier alpha value is -3.00. The van der Waals surface area contributed by atoms with E-state index in [9.17, 15) is 0 Å². The van der Waals surface area contributed by atoms with E-state index in [1.165, 1.54) is 0 Å². The predicted molar refractivity (Wildman–Crippen MR) is 122 cm³/mol. The molecule has 0 atom stereocenters. The number of nitrogens with zero attached hydrogens (tertiary/aromatic N) is 4. The van der Waals surface area contributed by atoms with Crippen LogP contribution in [0.25, 0.3) is 10.8 Å². The maximum absolute atomic E-state index is 5.63. The van der Waals surface area contributed by atoms with Gasteiger partial charge in [-0.05, 0) is 24.8 Å². The molecule has 3 N–H and O–H groups in total. The highest BCUT2D eigenvalue weighted by molar-refractivity contribution is 5.98. The van der Waals surface area contributed by atoms with Gasteiger partial charge in [0.15, 0.2) is 11.6 Å². The van der Waals surface area contributed by atoms with E-state index >= 15 is 0 Å². The van der Waals surface area contributed by atoms with E-state index in [1.54, 1.807) is 18.5 Å². The molecule has 2 heterocycles. The van der Waals surface area contributed by atoms with Crippen LogP contribution in [-0.2, 0) is 4.74 Å². The molecule has 3 rings (SSSR count). The SMILES string of the molecule is CC(C)COCCCNc1nnc(NCCCNc2ncccn2)c2ccccc12. The Morgan fingerprint density at radius 2 is 1.40 bits per heavy atom. The van der Waals surface area contributed by atoms with Crippen LogP contribution >= 0.6 is 0 Å². The summed E-state index contributed by atoms with van der Waals surface area (Å²) in [5.74, 6) is 2.82. The highest BCUT2D eigenvalue weighted by Gasteiger charge is 2.08. The molecule has 0 aliphatic heterocycles. The van der Waals surface area contributed by atoms with Crippen molar-refractivity contribution in [1.29, 1.82) is 0 Å². The molecule has 8 heteroatoms. The van der Waals surface area contributed by atoms with Crippen LogP contribution in [0.2, 0.25) is 0 Å². The van der Waals surface area contributed by atoms with Gasteiger partial charge in [-0.25, -0.2) is 9.97 Å². The Balaban J connectivity index is 1.48. The monoisotopic (exact) mass is 409 g/mol. The Morgan fingerprint density at radius 3 is 2.03 bits per heavy atom. The molecule has 0 unspecified atom stereocenters. The van der Waals surface area contributed by atoms with Crippen molar-refractivity contribution in [2.45, 2.75) is 26.7 Å². The van der Waals surface area contributed by atoms with Gasteiger partial charge >= 0.3 is 0 Å². The van der Waals surface area contributed by atoms with Gasteiger partial charge in [-0.1, -0.05) is 38.1 Å². The van der Waals surface area contributed by atoms with Crippen LogP contribution in [0.5, 0.6) is 0 Å². The van der Waals surface area contributed by atoms with Gasteiger partial charge < -0.3 is 20.7 Å². The summed E-state index contributed by atoms with van der Waals surface area (Å²) in [5.41, 5.74) is 0. The third-order valence-electron chi connectivity index (χ3n) is 4.39. The summed E-state index contributed by atoms with van der Waals surface area (Å²) >= 11 is 0. The molecule has 0 radical (unpaired) electrons. The number of hydrogen-bond acceptors (Lipinski definition) is 8. The minimum absolute atomic E-state index is 0.565. The minimum Gasteiger partial charge on any atom is -0.381 e. The number of nitrogens with one attached hydrogen (secondary N) is 3. The van der Waals surface area contributed by atoms with Gasteiger partial charge in [0.2, 0.25) is 5.95 Å². The maximum Gasteiger partial charge on any atom is 0.222 e. The topological polar surface area (TPSA) is 96.9 Å². The van der Waals surface area contributed by atoms with E-state index in [2.05, 4.69) is 62.1 Å². The lowest BCUT2D eigenvalue weighted by atomic mass is 10.1. The average Bonchev–Trinajstić information content (AvgIpc) is 2.77. The van der Waals surface area contributed by atoms with Crippen molar-refractivity contribution in [2.24, 2.45) is 5.92 Å². The molecule has 3 aromatic rings. The molecular weight excluding hydrogens is 378 g/mol. The number of anilines is 3. The fraction of sp³-hybridized carbons (Fsp3) is 0.455. The van der Waals surface area contributed by atoms with E-state index in [0.29, 0.717) is 11.9 Å². The van der Waals surface area contributed by atoms with Crippen LogP contribution in [0.4, 0.5) is 17.6 Å². The van der Waals surface area contributed by atoms with Crippen LogP contribution in [0, 0.1) is 5.92 Å². The Morgan fingerprint density at radius 1 is 0.800 bits per heavy atom. The van der Waals surface area contributed by atoms with Crippen molar-refractivity contribution in [1.82, 2.24) is 20.2 Å². The molecule has 0 aliphatic rings. The summed E-state index contributed by atoms with van der Waals surface area (Å²) in [6.45, 7) is 8.22. The zero-order valence-corrected chi connectivity index (χ0v) is 17.8. The highest BCUT2D eigenvalue weighted by Crippen LogP contribution is 2.25. The fourth-order valence-corrected chi connectivity index (χ4v) is 2.95. The third kappa shape index (κ3) is 6.81. The van der Waals surface area contributed by atoms with Gasteiger partial charge in [0, 0.05) is 56.0 Å². The molecule has 0 saturated carbocycles. The number of fused-ring (bicyclic) bond motifs is 1. The van der Waals surface area contributed by atoms with E-state index in [4.69, 9.17) is 4.74 Å². The van der Waals surface area contributed by atoms with Crippen LogP contribution in [0.15, 0.2) is 42.7 Å². The summed E-state index contributed by atoms with van der Waals surface area (Å²) in [5, 5.41) is 20.9. The molecule has 160 valence electrons. The average molecular weight is 410 g/mol. The molecule has 2 aromatic heterocycles. The fourth-order valence-electron chi connectivity index (χ4n) is 2.95. The van der Waals surface area contributed by atoms with Gasteiger partial charge in [0.1, 0.15) is 0 Å². The molecule has 30 heavy (non-hydrogen) atoms. The summed E-state index contributed by atoms with van der Waals surface area (Å²) < 4.78 is 5.63. The third-order valence-corrected chi connectivity index (χ3v) is 4.39. The predicted octanol–water partition coefficient (Wildman–Crippen LogP) is 3.81. The molecule has 1 aromatic carbocycles. The van der Waals surface area contributed by atoms with Crippen molar-refractivity contribution in [2.75, 3.05) is 48.8 Å².